The van der Waals surface area contributed by atoms with E-state index in [1.165, 1.54) is 13.8 Å². The first kappa shape index (κ1) is 33.7. The van der Waals surface area contributed by atoms with Gasteiger partial charge in [0.2, 0.25) is 23.6 Å². The predicted octanol–water partition coefficient (Wildman–Crippen LogP) is -0.0845. The Morgan fingerprint density at radius 1 is 1.00 bits per heavy atom. The Morgan fingerprint density at radius 2 is 1.66 bits per heavy atom. The molecule has 12 heteroatoms. The van der Waals surface area contributed by atoms with Gasteiger partial charge in [0.15, 0.2) is 0 Å². The number of nitrogens with two attached hydrogens (primary N) is 1. The fourth-order valence-electron chi connectivity index (χ4n) is 4.41. The van der Waals surface area contributed by atoms with Crippen molar-refractivity contribution in [1.29, 1.82) is 0 Å². The third-order valence-corrected chi connectivity index (χ3v) is 7.13. The number of ether oxygens (including phenoxy) is 1. The van der Waals surface area contributed by atoms with Crippen molar-refractivity contribution in [2.75, 3.05) is 6.61 Å². The molecule has 4 amide bonds. The number of amides is 4. The minimum absolute atomic E-state index is 0.00259. The molecule has 0 aromatic heterocycles. The molecule has 7 N–H and O–H groups in total. The number of aliphatic hydroxyl groups excluding tert-OH is 1. The zero-order valence-corrected chi connectivity index (χ0v) is 24.5. The molecule has 0 radical (unpaired) electrons. The third-order valence-electron chi connectivity index (χ3n) is 7.13. The number of rotatable bonds is 14. The number of nitrogens with one attached hydrogen (secondary N) is 4. The molecule has 0 bridgehead atoms. The van der Waals surface area contributed by atoms with Crippen molar-refractivity contribution in [3.05, 3.63) is 35.9 Å². The van der Waals surface area contributed by atoms with Gasteiger partial charge < -0.3 is 36.8 Å². The number of cyclic esters (lactones) is 1. The molecule has 2 rings (SSSR count). The Bertz CT molecular complexity index is 1050. The van der Waals surface area contributed by atoms with Crippen LogP contribution < -0.4 is 27.0 Å². The fraction of sp³-hybridized carbons (Fsp3) is 0.621. The fourth-order valence-corrected chi connectivity index (χ4v) is 4.41. The number of esters is 1. The number of carbonyl (C=O) groups excluding carboxylic acids is 5. The average molecular weight is 576 g/mol. The Hall–Kier alpha value is -3.51. The first-order chi connectivity index (χ1) is 19.3. The van der Waals surface area contributed by atoms with E-state index in [0.29, 0.717) is 13.0 Å². The van der Waals surface area contributed by atoms with E-state index in [4.69, 9.17) is 10.5 Å². The van der Waals surface area contributed by atoms with Gasteiger partial charge in [-0.05, 0) is 50.5 Å². The van der Waals surface area contributed by atoms with E-state index in [2.05, 4.69) is 21.3 Å². The molecule has 1 saturated heterocycles. The highest BCUT2D eigenvalue weighted by molar-refractivity contribution is 5.91. The molecular formula is C29H45N5O7. The van der Waals surface area contributed by atoms with Crippen LogP contribution in [0.1, 0.15) is 59.4 Å². The Labute approximate surface area is 241 Å². The quantitative estimate of drug-likeness (QED) is 0.166. The molecule has 0 aliphatic carbocycles. The normalized spacial score (nSPS) is 20.5. The maximum Gasteiger partial charge on any atom is 0.328 e. The first-order valence-electron chi connectivity index (χ1n) is 14.1. The summed E-state index contributed by atoms with van der Waals surface area (Å²) in [4.78, 5) is 62.7. The van der Waals surface area contributed by atoms with Crippen molar-refractivity contribution >= 4 is 29.6 Å². The zero-order valence-electron chi connectivity index (χ0n) is 24.5. The molecule has 0 unspecified atom stereocenters. The third kappa shape index (κ3) is 10.8. The summed E-state index contributed by atoms with van der Waals surface area (Å²) in [7, 11) is 0. The molecule has 1 fully saturated rings. The molecular weight excluding hydrogens is 530 g/mol. The second-order valence-electron chi connectivity index (χ2n) is 11.1. The summed E-state index contributed by atoms with van der Waals surface area (Å²) in [6.45, 7) is 8.74. The van der Waals surface area contributed by atoms with Gasteiger partial charge in [0.1, 0.15) is 18.1 Å². The lowest BCUT2D eigenvalue weighted by atomic mass is 9.95. The van der Waals surface area contributed by atoms with E-state index in [1.54, 1.807) is 13.8 Å². The van der Waals surface area contributed by atoms with Crippen LogP contribution in [0.2, 0.25) is 0 Å². The van der Waals surface area contributed by atoms with Gasteiger partial charge in [-0.3, -0.25) is 19.2 Å². The van der Waals surface area contributed by atoms with E-state index >= 15 is 0 Å². The number of carbonyl (C=O) groups is 5. The average Bonchev–Trinajstić information content (AvgIpc) is 2.92. The summed E-state index contributed by atoms with van der Waals surface area (Å²) in [6, 6.07) is 5.13. The molecule has 228 valence electrons. The van der Waals surface area contributed by atoms with Crippen LogP contribution in [0.3, 0.4) is 0 Å². The number of hydrogen-bond donors (Lipinski definition) is 6. The van der Waals surface area contributed by atoms with Crippen LogP contribution in [-0.2, 0) is 35.1 Å². The second-order valence-corrected chi connectivity index (χ2v) is 11.1. The number of aliphatic hydroxyl groups is 1. The molecule has 1 aromatic carbocycles. The lowest BCUT2D eigenvalue weighted by Crippen LogP contribution is -2.56. The van der Waals surface area contributed by atoms with Crippen molar-refractivity contribution in [3.8, 4) is 0 Å². The maximum atomic E-state index is 13.0. The summed E-state index contributed by atoms with van der Waals surface area (Å²) < 4.78 is 5.06. The van der Waals surface area contributed by atoms with Gasteiger partial charge in [0, 0.05) is 6.42 Å². The van der Waals surface area contributed by atoms with Crippen LogP contribution in [0.15, 0.2) is 30.3 Å². The molecule has 12 nitrogen and oxygen atoms in total. The van der Waals surface area contributed by atoms with Crippen LogP contribution >= 0.6 is 0 Å². The van der Waals surface area contributed by atoms with Crippen molar-refractivity contribution in [2.24, 2.45) is 17.6 Å². The van der Waals surface area contributed by atoms with Crippen molar-refractivity contribution in [3.63, 3.8) is 0 Å². The SMILES string of the molecule is CC(C)[C@H](NC(=O)CC[C@H](O)[C@H](Cc1ccccc1)NC(=O)[C@H](C)NC(=O)[C@H](C)N)C(=O)N[C@@H]1C(=O)OCC[C@@H]1C. The predicted molar refractivity (Wildman–Crippen MR) is 152 cm³/mol. The number of hydrogen-bond acceptors (Lipinski definition) is 8. The lowest BCUT2D eigenvalue weighted by Gasteiger charge is -2.30. The van der Waals surface area contributed by atoms with Gasteiger partial charge in [-0.2, -0.15) is 0 Å². The highest BCUT2D eigenvalue weighted by atomic mass is 16.5. The van der Waals surface area contributed by atoms with Gasteiger partial charge in [0.25, 0.3) is 0 Å². The van der Waals surface area contributed by atoms with E-state index in [0.717, 1.165) is 5.56 Å². The van der Waals surface area contributed by atoms with Crippen LogP contribution in [0.25, 0.3) is 0 Å². The van der Waals surface area contributed by atoms with Gasteiger partial charge in [-0.1, -0.05) is 51.1 Å². The summed E-state index contributed by atoms with van der Waals surface area (Å²) >= 11 is 0. The Balaban J connectivity index is 2.02. The lowest BCUT2D eigenvalue weighted by molar-refractivity contribution is -0.154. The molecule has 1 aromatic rings. The Kier molecular flexibility index (Phi) is 13.2. The zero-order chi connectivity index (χ0) is 30.7. The topological polar surface area (TPSA) is 189 Å². The monoisotopic (exact) mass is 575 g/mol. The highest BCUT2D eigenvalue weighted by Crippen LogP contribution is 2.17. The van der Waals surface area contributed by atoms with Crippen molar-refractivity contribution < 1.29 is 33.8 Å². The van der Waals surface area contributed by atoms with E-state index in [9.17, 15) is 29.1 Å². The van der Waals surface area contributed by atoms with E-state index in [1.807, 2.05) is 37.3 Å². The molecule has 0 saturated carbocycles. The van der Waals surface area contributed by atoms with Crippen molar-refractivity contribution in [2.45, 2.75) is 96.6 Å². The Morgan fingerprint density at radius 3 is 2.24 bits per heavy atom. The summed E-state index contributed by atoms with van der Waals surface area (Å²) in [6.07, 6.45) is -0.299. The van der Waals surface area contributed by atoms with Gasteiger partial charge >= 0.3 is 5.97 Å². The molecule has 7 atom stereocenters. The van der Waals surface area contributed by atoms with Crippen molar-refractivity contribution in [1.82, 2.24) is 21.3 Å². The molecule has 1 aliphatic heterocycles. The highest BCUT2D eigenvalue weighted by Gasteiger charge is 2.35. The minimum atomic E-state index is -1.11. The van der Waals surface area contributed by atoms with Crippen LogP contribution in [-0.4, -0.2) is 77.6 Å². The summed E-state index contributed by atoms with van der Waals surface area (Å²) in [5, 5.41) is 21.7. The summed E-state index contributed by atoms with van der Waals surface area (Å²) in [5.74, 6) is -2.78. The second kappa shape index (κ2) is 16.1. The van der Waals surface area contributed by atoms with E-state index in [-0.39, 0.29) is 31.1 Å². The van der Waals surface area contributed by atoms with Crippen LogP contribution in [0.4, 0.5) is 0 Å². The number of benzene rings is 1. The maximum absolute atomic E-state index is 13.0. The summed E-state index contributed by atoms with van der Waals surface area (Å²) in [5.41, 5.74) is 6.43. The first-order valence-corrected chi connectivity index (χ1v) is 14.1. The standard InChI is InChI=1S/C29H45N5O7/c1-16(2)24(28(39)34-25-17(3)13-14-41-29(25)40)33-23(36)12-11-22(35)21(15-20-9-7-6-8-10-20)32-27(38)19(5)31-26(37)18(4)30/h6-10,16-19,21-22,24-25,35H,11-15,30H2,1-5H3,(H,31,37)(H,32,38)(H,33,36)(H,34,39)/t17-,18-,19-,21-,22-,24-,25-/m0/s1. The van der Waals surface area contributed by atoms with Gasteiger partial charge in [-0.15, -0.1) is 0 Å². The minimum Gasteiger partial charge on any atom is -0.464 e. The van der Waals surface area contributed by atoms with Gasteiger partial charge in [-0.25, -0.2) is 4.79 Å². The van der Waals surface area contributed by atoms with Crippen LogP contribution in [0, 0.1) is 11.8 Å². The smallest absolute Gasteiger partial charge is 0.328 e. The molecule has 1 heterocycles. The molecule has 1 aliphatic rings. The van der Waals surface area contributed by atoms with E-state index < -0.39 is 65.9 Å². The molecule has 41 heavy (non-hydrogen) atoms. The van der Waals surface area contributed by atoms with Crippen LogP contribution in [0.5, 0.6) is 0 Å². The molecule has 0 spiro atoms. The largest absolute Gasteiger partial charge is 0.464 e. The van der Waals surface area contributed by atoms with Gasteiger partial charge in [0.05, 0.1) is 24.8 Å².